The number of benzene rings is 1. The maximum absolute atomic E-state index is 15.0. The minimum atomic E-state index is -1.27. The molecule has 1 aromatic carbocycles. The zero-order valence-electron chi connectivity index (χ0n) is 17.5. The summed E-state index contributed by atoms with van der Waals surface area (Å²) in [6.45, 7) is 7.11. The number of carbonyl (C=O) groups is 1. The molecule has 0 radical (unpaired) electrons. The van der Waals surface area contributed by atoms with Crippen molar-refractivity contribution in [2.45, 2.75) is 39.8 Å². The van der Waals surface area contributed by atoms with E-state index in [1.54, 1.807) is 16.9 Å². The predicted molar refractivity (Wildman–Crippen MR) is 112 cm³/mol. The van der Waals surface area contributed by atoms with Gasteiger partial charge in [-0.05, 0) is 17.5 Å². The Morgan fingerprint density at radius 2 is 2.10 bits per heavy atom. The molecule has 7 nitrogen and oxygen atoms in total. The molecule has 31 heavy (non-hydrogen) atoms. The number of ether oxygens (including phenoxy) is 1. The number of nitrogens with zero attached hydrogens (tertiary/aromatic N) is 3. The number of hydrogen-bond donors (Lipinski definition) is 1. The van der Waals surface area contributed by atoms with Gasteiger partial charge in [0.15, 0.2) is 5.43 Å². The monoisotopic (exact) mass is 423 g/mol. The first-order valence-electron chi connectivity index (χ1n) is 10.2. The summed E-state index contributed by atoms with van der Waals surface area (Å²) in [6.07, 6.45) is 3.62. The molecule has 3 aromatic rings. The number of aromatic nitrogens is 3. The molecule has 160 valence electrons. The average Bonchev–Trinajstić information content (AvgIpc) is 3.33. The molecular formula is C23H22FN3O4. The SMILES string of the molecule is CC(C)(C)[C@@H]1Cn2ncc(-c3c(F)ccc4c3CCO4)c2-c2cc(=O)c(C(=O)O)cn21. The molecule has 2 aliphatic heterocycles. The molecular weight excluding hydrogens is 401 g/mol. The van der Waals surface area contributed by atoms with Crippen molar-refractivity contribution < 1.29 is 19.0 Å². The van der Waals surface area contributed by atoms with E-state index in [9.17, 15) is 14.7 Å². The molecule has 8 heteroatoms. The van der Waals surface area contributed by atoms with Gasteiger partial charge in [0, 0.05) is 35.4 Å². The van der Waals surface area contributed by atoms with Crippen LogP contribution >= 0.6 is 0 Å². The Hall–Kier alpha value is -3.42. The van der Waals surface area contributed by atoms with Crippen LogP contribution in [-0.4, -0.2) is 32.0 Å². The highest BCUT2D eigenvalue weighted by Gasteiger charge is 2.36. The van der Waals surface area contributed by atoms with Gasteiger partial charge < -0.3 is 14.4 Å². The number of halogens is 1. The zero-order chi connectivity index (χ0) is 22.1. The molecule has 0 saturated carbocycles. The van der Waals surface area contributed by atoms with Crippen molar-refractivity contribution in [1.82, 2.24) is 14.3 Å². The number of hydrogen-bond acceptors (Lipinski definition) is 4. The number of pyridine rings is 1. The maximum atomic E-state index is 15.0. The van der Waals surface area contributed by atoms with Gasteiger partial charge in [-0.15, -0.1) is 0 Å². The lowest BCUT2D eigenvalue weighted by molar-refractivity contribution is 0.0693. The number of carboxylic acid groups (broad SMARTS) is 1. The summed E-state index contributed by atoms with van der Waals surface area (Å²) in [5.74, 6) is -0.997. The van der Waals surface area contributed by atoms with Gasteiger partial charge in [-0.3, -0.25) is 9.48 Å². The lowest BCUT2D eigenvalue weighted by Crippen LogP contribution is -2.35. The van der Waals surface area contributed by atoms with Crippen LogP contribution in [0.3, 0.4) is 0 Å². The van der Waals surface area contributed by atoms with Crippen LogP contribution in [0.2, 0.25) is 0 Å². The second kappa shape index (κ2) is 6.54. The largest absolute Gasteiger partial charge is 0.493 e. The van der Waals surface area contributed by atoms with E-state index < -0.39 is 11.4 Å². The number of fused-ring (bicyclic) bond motifs is 4. The molecule has 0 amide bonds. The number of carboxylic acids is 1. The van der Waals surface area contributed by atoms with Crippen molar-refractivity contribution in [1.29, 1.82) is 0 Å². The van der Waals surface area contributed by atoms with Crippen molar-refractivity contribution in [3.05, 3.63) is 57.8 Å². The first kappa shape index (κ1) is 19.5. The van der Waals surface area contributed by atoms with E-state index in [2.05, 4.69) is 25.9 Å². The van der Waals surface area contributed by atoms with Crippen molar-refractivity contribution in [2.24, 2.45) is 5.41 Å². The van der Waals surface area contributed by atoms with E-state index in [-0.39, 0.29) is 22.8 Å². The minimum Gasteiger partial charge on any atom is -0.493 e. The number of rotatable bonds is 2. The van der Waals surface area contributed by atoms with Crippen LogP contribution in [0.4, 0.5) is 4.39 Å². The van der Waals surface area contributed by atoms with Gasteiger partial charge in [-0.25, -0.2) is 9.18 Å². The molecule has 5 rings (SSSR count). The van der Waals surface area contributed by atoms with E-state index in [0.29, 0.717) is 47.8 Å². The molecule has 1 N–H and O–H groups in total. The van der Waals surface area contributed by atoms with Gasteiger partial charge in [-0.2, -0.15) is 5.10 Å². The van der Waals surface area contributed by atoms with Crippen LogP contribution < -0.4 is 10.2 Å². The summed E-state index contributed by atoms with van der Waals surface area (Å²) in [5.41, 5.74) is 1.80. The second-order valence-corrected chi connectivity index (χ2v) is 9.12. The quantitative estimate of drug-likeness (QED) is 0.678. The van der Waals surface area contributed by atoms with Gasteiger partial charge in [0.1, 0.15) is 17.1 Å². The molecule has 0 fully saturated rings. The fourth-order valence-electron chi connectivity index (χ4n) is 4.62. The molecule has 0 spiro atoms. The summed E-state index contributed by atoms with van der Waals surface area (Å²) in [5, 5.41) is 14.0. The molecule has 2 aromatic heterocycles. The Morgan fingerprint density at radius 3 is 2.81 bits per heavy atom. The second-order valence-electron chi connectivity index (χ2n) is 9.12. The van der Waals surface area contributed by atoms with E-state index in [1.165, 1.54) is 18.3 Å². The number of aromatic carboxylic acids is 1. The van der Waals surface area contributed by atoms with Crippen LogP contribution in [0.15, 0.2) is 35.4 Å². The van der Waals surface area contributed by atoms with Crippen LogP contribution in [0.25, 0.3) is 22.5 Å². The summed E-state index contributed by atoms with van der Waals surface area (Å²) >= 11 is 0. The molecule has 0 aliphatic carbocycles. The van der Waals surface area contributed by atoms with Crippen molar-refractivity contribution in [3.8, 4) is 28.3 Å². The molecule has 0 unspecified atom stereocenters. The first-order chi connectivity index (χ1) is 14.7. The third-order valence-corrected chi connectivity index (χ3v) is 6.17. The van der Waals surface area contributed by atoms with Gasteiger partial charge >= 0.3 is 5.97 Å². The third kappa shape index (κ3) is 2.89. The molecule has 2 aliphatic rings. The van der Waals surface area contributed by atoms with Crippen LogP contribution in [-0.2, 0) is 13.0 Å². The van der Waals surface area contributed by atoms with Crippen molar-refractivity contribution in [3.63, 3.8) is 0 Å². The normalized spacial score (nSPS) is 17.0. The predicted octanol–water partition coefficient (Wildman–Crippen LogP) is 3.75. The highest BCUT2D eigenvalue weighted by atomic mass is 19.1. The van der Waals surface area contributed by atoms with E-state index in [0.717, 1.165) is 5.56 Å². The van der Waals surface area contributed by atoms with Crippen LogP contribution in [0.5, 0.6) is 5.75 Å². The Morgan fingerprint density at radius 1 is 1.32 bits per heavy atom. The van der Waals surface area contributed by atoms with E-state index in [4.69, 9.17) is 4.74 Å². The lowest BCUT2D eigenvalue weighted by Gasteiger charge is -2.38. The van der Waals surface area contributed by atoms with Crippen molar-refractivity contribution >= 4 is 5.97 Å². The van der Waals surface area contributed by atoms with Gasteiger partial charge in [0.2, 0.25) is 0 Å². The van der Waals surface area contributed by atoms with Gasteiger partial charge in [-0.1, -0.05) is 20.8 Å². The Labute approximate surface area is 177 Å². The smallest absolute Gasteiger partial charge is 0.341 e. The highest BCUT2D eigenvalue weighted by molar-refractivity contribution is 5.88. The third-order valence-electron chi connectivity index (χ3n) is 6.17. The first-order valence-corrected chi connectivity index (χ1v) is 10.2. The minimum absolute atomic E-state index is 0.142. The summed E-state index contributed by atoms with van der Waals surface area (Å²) in [6, 6.07) is 4.20. The fraction of sp³-hybridized carbons (Fsp3) is 0.348. The maximum Gasteiger partial charge on any atom is 0.341 e. The van der Waals surface area contributed by atoms with Crippen LogP contribution in [0.1, 0.15) is 42.7 Å². The van der Waals surface area contributed by atoms with Crippen LogP contribution in [0, 0.1) is 11.2 Å². The van der Waals surface area contributed by atoms with E-state index in [1.807, 2.05) is 4.57 Å². The molecule has 0 saturated heterocycles. The summed E-state index contributed by atoms with van der Waals surface area (Å²) in [7, 11) is 0. The summed E-state index contributed by atoms with van der Waals surface area (Å²) < 4.78 is 24.3. The Bertz CT molecular complexity index is 1300. The average molecular weight is 423 g/mol. The Kier molecular flexibility index (Phi) is 4.12. The fourth-order valence-corrected chi connectivity index (χ4v) is 4.62. The van der Waals surface area contributed by atoms with Gasteiger partial charge in [0.25, 0.3) is 0 Å². The zero-order valence-corrected chi connectivity index (χ0v) is 17.5. The van der Waals surface area contributed by atoms with Crippen molar-refractivity contribution in [2.75, 3.05) is 6.61 Å². The molecule has 1 atom stereocenters. The molecule has 0 bridgehead atoms. The topological polar surface area (TPSA) is 86.3 Å². The lowest BCUT2D eigenvalue weighted by atomic mass is 9.84. The highest BCUT2D eigenvalue weighted by Crippen LogP contribution is 2.45. The van der Waals surface area contributed by atoms with Gasteiger partial charge in [0.05, 0.1) is 36.8 Å². The Balaban J connectivity index is 1.81. The van der Waals surface area contributed by atoms with E-state index >= 15 is 4.39 Å². The standard InChI is InChI=1S/C23H22FN3O4/c1-23(2,3)19-11-27-21(16-8-17(28)14(22(29)30)10-26(16)19)13(9-25-27)20-12-6-7-31-18(12)5-4-15(20)24/h4-5,8-10,19H,6-7,11H2,1-3H3,(H,29,30)/t19-/m0/s1. The summed E-state index contributed by atoms with van der Waals surface area (Å²) in [4.78, 5) is 24.2. The molecule has 4 heterocycles.